The van der Waals surface area contributed by atoms with Gasteiger partial charge in [-0.15, -0.1) is 0 Å². The molecule has 1 unspecified atom stereocenters. The summed E-state index contributed by atoms with van der Waals surface area (Å²) in [7, 11) is 0. The lowest BCUT2D eigenvalue weighted by Crippen LogP contribution is -2.21. The Morgan fingerprint density at radius 2 is 1.19 bits per heavy atom. The summed E-state index contributed by atoms with van der Waals surface area (Å²) in [6.45, 7) is 11.8. The highest BCUT2D eigenvalue weighted by Gasteiger charge is 2.27. The molecule has 0 heteroatoms. The van der Waals surface area contributed by atoms with Crippen molar-refractivity contribution >= 4 is 0 Å². The van der Waals surface area contributed by atoms with Crippen LogP contribution in [0.25, 0.3) is 0 Å². The average Bonchev–Trinajstić information content (AvgIpc) is 2.27. The lowest BCUT2D eigenvalue weighted by molar-refractivity contribution is 0.176. The summed E-state index contributed by atoms with van der Waals surface area (Å²) >= 11 is 0. The number of rotatable bonds is 10. The second-order valence-electron chi connectivity index (χ2n) is 5.80. The lowest BCUT2D eigenvalue weighted by atomic mass is 9.71. The van der Waals surface area contributed by atoms with Crippen LogP contribution < -0.4 is 0 Å². The second-order valence-corrected chi connectivity index (χ2v) is 5.80. The SMILES string of the molecule is CCCC(CCC)(CCC)CCC(C)CC. The second kappa shape index (κ2) is 9.07. The molecule has 0 rings (SSSR count). The molecule has 0 heterocycles. The summed E-state index contributed by atoms with van der Waals surface area (Å²) in [5, 5.41) is 0. The van der Waals surface area contributed by atoms with Gasteiger partial charge in [0.1, 0.15) is 0 Å². The van der Waals surface area contributed by atoms with Gasteiger partial charge in [-0.2, -0.15) is 0 Å². The smallest absolute Gasteiger partial charge is 0.0298 e. The van der Waals surface area contributed by atoms with E-state index >= 15 is 0 Å². The van der Waals surface area contributed by atoms with E-state index in [1.807, 2.05) is 0 Å². The largest absolute Gasteiger partial charge is 0.0654 e. The van der Waals surface area contributed by atoms with Crippen molar-refractivity contribution in [2.45, 2.75) is 92.4 Å². The molecule has 0 amide bonds. The Balaban J connectivity index is 4.34. The molecule has 0 bridgehead atoms. The van der Waals surface area contributed by atoms with Crippen LogP contribution in [0.3, 0.4) is 0 Å². The van der Waals surface area contributed by atoms with Crippen LogP contribution in [0.2, 0.25) is 0 Å². The molecule has 16 heavy (non-hydrogen) atoms. The zero-order valence-electron chi connectivity index (χ0n) is 12.4. The third-order valence-corrected chi connectivity index (χ3v) is 4.21. The maximum Gasteiger partial charge on any atom is -0.0298 e. The third-order valence-electron chi connectivity index (χ3n) is 4.21. The maximum absolute atomic E-state index is 2.41. The summed E-state index contributed by atoms with van der Waals surface area (Å²) < 4.78 is 0. The zero-order valence-corrected chi connectivity index (χ0v) is 12.4. The average molecular weight is 226 g/mol. The summed E-state index contributed by atoms with van der Waals surface area (Å²) in [6.07, 6.45) is 12.7. The van der Waals surface area contributed by atoms with E-state index in [-0.39, 0.29) is 0 Å². The first-order chi connectivity index (χ1) is 7.64. The molecule has 0 aromatic heterocycles. The van der Waals surface area contributed by atoms with Crippen molar-refractivity contribution in [2.24, 2.45) is 11.3 Å². The first-order valence-electron chi connectivity index (χ1n) is 7.64. The van der Waals surface area contributed by atoms with Crippen LogP contribution in [0.5, 0.6) is 0 Å². The molecular formula is C16H34. The van der Waals surface area contributed by atoms with Gasteiger partial charge >= 0.3 is 0 Å². The predicted octanol–water partition coefficient (Wildman–Crippen LogP) is 6.20. The van der Waals surface area contributed by atoms with E-state index in [9.17, 15) is 0 Å². The third kappa shape index (κ3) is 5.92. The van der Waals surface area contributed by atoms with E-state index in [1.165, 1.54) is 57.8 Å². The van der Waals surface area contributed by atoms with Crippen molar-refractivity contribution in [1.29, 1.82) is 0 Å². The molecule has 0 aliphatic rings. The molecule has 0 aromatic carbocycles. The minimum atomic E-state index is 0.682. The first-order valence-corrected chi connectivity index (χ1v) is 7.64. The number of hydrogen-bond acceptors (Lipinski definition) is 0. The Morgan fingerprint density at radius 1 is 0.750 bits per heavy atom. The highest BCUT2D eigenvalue weighted by atomic mass is 14.3. The van der Waals surface area contributed by atoms with E-state index in [0.29, 0.717) is 5.41 Å². The molecule has 0 saturated carbocycles. The van der Waals surface area contributed by atoms with Crippen molar-refractivity contribution in [3.63, 3.8) is 0 Å². The van der Waals surface area contributed by atoms with Gasteiger partial charge in [-0.25, -0.2) is 0 Å². The van der Waals surface area contributed by atoms with Crippen molar-refractivity contribution in [1.82, 2.24) is 0 Å². The van der Waals surface area contributed by atoms with E-state index in [4.69, 9.17) is 0 Å². The van der Waals surface area contributed by atoms with Crippen LogP contribution in [0.4, 0.5) is 0 Å². The first kappa shape index (κ1) is 16.0. The van der Waals surface area contributed by atoms with E-state index < -0.39 is 0 Å². The van der Waals surface area contributed by atoms with E-state index in [0.717, 1.165) is 5.92 Å². The summed E-state index contributed by atoms with van der Waals surface area (Å²) in [5.74, 6) is 0.921. The van der Waals surface area contributed by atoms with Gasteiger partial charge in [0.2, 0.25) is 0 Å². The molecule has 0 aromatic rings. The van der Waals surface area contributed by atoms with E-state index in [2.05, 4.69) is 34.6 Å². The maximum atomic E-state index is 2.41. The van der Waals surface area contributed by atoms with Gasteiger partial charge in [0.15, 0.2) is 0 Å². The summed E-state index contributed by atoms with van der Waals surface area (Å²) in [6, 6.07) is 0. The van der Waals surface area contributed by atoms with Gasteiger partial charge in [0.25, 0.3) is 0 Å². The highest BCUT2D eigenvalue weighted by molar-refractivity contribution is 4.79. The zero-order chi connectivity index (χ0) is 12.4. The quantitative estimate of drug-likeness (QED) is 0.416. The van der Waals surface area contributed by atoms with Crippen molar-refractivity contribution in [2.75, 3.05) is 0 Å². The Kier molecular flexibility index (Phi) is 9.07. The Bertz CT molecular complexity index is 131. The van der Waals surface area contributed by atoms with Gasteiger partial charge in [0, 0.05) is 0 Å². The molecule has 0 aliphatic carbocycles. The minimum absolute atomic E-state index is 0.682. The molecule has 0 nitrogen and oxygen atoms in total. The Hall–Kier alpha value is 0. The number of hydrogen-bond donors (Lipinski definition) is 0. The van der Waals surface area contributed by atoms with E-state index in [1.54, 1.807) is 0 Å². The molecular weight excluding hydrogens is 192 g/mol. The Labute approximate surface area is 104 Å². The molecule has 0 fully saturated rings. The fraction of sp³-hybridized carbons (Fsp3) is 1.00. The van der Waals surface area contributed by atoms with Crippen LogP contribution in [0, 0.1) is 11.3 Å². The lowest BCUT2D eigenvalue weighted by Gasteiger charge is -2.34. The summed E-state index contributed by atoms with van der Waals surface area (Å²) in [4.78, 5) is 0. The van der Waals surface area contributed by atoms with Crippen LogP contribution >= 0.6 is 0 Å². The molecule has 0 spiro atoms. The van der Waals surface area contributed by atoms with Crippen LogP contribution in [-0.2, 0) is 0 Å². The van der Waals surface area contributed by atoms with Crippen molar-refractivity contribution in [3.05, 3.63) is 0 Å². The highest BCUT2D eigenvalue weighted by Crippen LogP contribution is 2.40. The monoisotopic (exact) mass is 226 g/mol. The molecule has 0 N–H and O–H groups in total. The molecule has 1 atom stereocenters. The summed E-state index contributed by atoms with van der Waals surface area (Å²) in [5.41, 5.74) is 0.682. The molecule has 98 valence electrons. The van der Waals surface area contributed by atoms with Crippen molar-refractivity contribution < 1.29 is 0 Å². The van der Waals surface area contributed by atoms with Crippen molar-refractivity contribution in [3.8, 4) is 0 Å². The van der Waals surface area contributed by atoms with Crippen LogP contribution in [-0.4, -0.2) is 0 Å². The van der Waals surface area contributed by atoms with Gasteiger partial charge in [-0.05, 0) is 37.0 Å². The van der Waals surface area contributed by atoms with Crippen LogP contribution in [0.15, 0.2) is 0 Å². The predicted molar refractivity (Wildman–Crippen MR) is 75.8 cm³/mol. The van der Waals surface area contributed by atoms with Gasteiger partial charge in [-0.3, -0.25) is 0 Å². The van der Waals surface area contributed by atoms with Gasteiger partial charge in [-0.1, -0.05) is 66.7 Å². The normalized spacial score (nSPS) is 14.1. The van der Waals surface area contributed by atoms with Gasteiger partial charge in [0.05, 0.1) is 0 Å². The Morgan fingerprint density at radius 3 is 1.50 bits per heavy atom. The molecule has 0 aliphatic heterocycles. The van der Waals surface area contributed by atoms with Crippen LogP contribution in [0.1, 0.15) is 92.4 Å². The topological polar surface area (TPSA) is 0 Å². The fourth-order valence-electron chi connectivity index (χ4n) is 3.10. The molecule has 0 radical (unpaired) electrons. The fourth-order valence-corrected chi connectivity index (χ4v) is 3.10. The van der Waals surface area contributed by atoms with Gasteiger partial charge < -0.3 is 0 Å². The molecule has 0 saturated heterocycles. The standard InChI is InChI=1S/C16H34/c1-6-11-16(12-7-2,13-8-3)14-10-15(5)9-4/h15H,6-14H2,1-5H3. The minimum Gasteiger partial charge on any atom is -0.0654 e.